The minimum Gasteiger partial charge on any atom is -0.481 e. The second-order valence-corrected chi connectivity index (χ2v) is 4.04. The molecule has 0 bridgehead atoms. The standard InChI is InChI=1S/C10H16N2O2S/c1-5-7-8(13-3)11-10(14-4)12-9(7)15-6-2/h5-6H2,1-4H3. The molecule has 0 aliphatic rings. The minimum atomic E-state index is 0.361. The molecule has 0 amide bonds. The first-order valence-corrected chi connectivity index (χ1v) is 5.87. The molecule has 5 heteroatoms. The molecule has 0 aromatic carbocycles. The lowest BCUT2D eigenvalue weighted by Crippen LogP contribution is -2.02. The van der Waals surface area contributed by atoms with E-state index >= 15 is 0 Å². The highest BCUT2D eigenvalue weighted by molar-refractivity contribution is 7.99. The number of nitrogens with zero attached hydrogens (tertiary/aromatic N) is 2. The van der Waals surface area contributed by atoms with Gasteiger partial charge in [0.25, 0.3) is 0 Å². The zero-order chi connectivity index (χ0) is 11.3. The van der Waals surface area contributed by atoms with Crippen molar-refractivity contribution in [3.05, 3.63) is 5.56 Å². The van der Waals surface area contributed by atoms with Gasteiger partial charge in [0, 0.05) is 5.56 Å². The van der Waals surface area contributed by atoms with Crippen LogP contribution < -0.4 is 9.47 Å². The molecule has 0 saturated heterocycles. The molecule has 1 rings (SSSR count). The number of aromatic nitrogens is 2. The molecule has 0 aliphatic heterocycles. The first-order chi connectivity index (χ1) is 7.26. The van der Waals surface area contributed by atoms with Gasteiger partial charge in [-0.2, -0.15) is 9.97 Å². The summed E-state index contributed by atoms with van der Waals surface area (Å²) in [7, 11) is 3.17. The summed E-state index contributed by atoms with van der Waals surface area (Å²) in [6.45, 7) is 4.15. The van der Waals surface area contributed by atoms with Gasteiger partial charge in [0.1, 0.15) is 5.03 Å². The van der Waals surface area contributed by atoms with Gasteiger partial charge in [0.2, 0.25) is 5.88 Å². The Balaban J connectivity index is 3.19. The SMILES string of the molecule is CCSc1nc(OC)nc(OC)c1CC. The Kier molecular flexibility index (Phi) is 4.68. The molecule has 15 heavy (non-hydrogen) atoms. The number of hydrogen-bond acceptors (Lipinski definition) is 5. The molecular weight excluding hydrogens is 212 g/mol. The fraction of sp³-hybridized carbons (Fsp3) is 0.600. The molecule has 0 unspecified atom stereocenters. The number of hydrogen-bond donors (Lipinski definition) is 0. The summed E-state index contributed by atoms with van der Waals surface area (Å²) in [5.74, 6) is 1.58. The average molecular weight is 228 g/mol. The Bertz CT molecular complexity index is 331. The highest BCUT2D eigenvalue weighted by Crippen LogP contribution is 2.29. The quantitative estimate of drug-likeness (QED) is 0.571. The Morgan fingerprint density at radius 2 is 1.87 bits per heavy atom. The average Bonchev–Trinajstić information content (AvgIpc) is 2.28. The molecule has 0 fully saturated rings. The summed E-state index contributed by atoms with van der Waals surface area (Å²) in [5, 5.41) is 0.948. The molecule has 1 aromatic heterocycles. The Morgan fingerprint density at radius 3 is 2.33 bits per heavy atom. The van der Waals surface area contributed by atoms with Gasteiger partial charge in [-0.05, 0) is 12.2 Å². The second kappa shape index (κ2) is 5.80. The third-order valence-corrected chi connectivity index (χ3v) is 2.82. The van der Waals surface area contributed by atoms with Crippen LogP contribution in [-0.4, -0.2) is 29.9 Å². The van der Waals surface area contributed by atoms with Crippen molar-refractivity contribution in [2.24, 2.45) is 0 Å². The molecule has 0 radical (unpaired) electrons. The number of thioether (sulfide) groups is 1. The maximum absolute atomic E-state index is 5.22. The molecule has 84 valence electrons. The Hall–Kier alpha value is -0.970. The first kappa shape index (κ1) is 12.1. The summed E-state index contributed by atoms with van der Waals surface area (Å²) in [5.41, 5.74) is 1.05. The summed E-state index contributed by atoms with van der Waals surface area (Å²) in [4.78, 5) is 8.46. The fourth-order valence-electron chi connectivity index (χ4n) is 1.24. The van der Waals surface area contributed by atoms with Gasteiger partial charge in [0.15, 0.2) is 0 Å². The topological polar surface area (TPSA) is 44.2 Å². The zero-order valence-corrected chi connectivity index (χ0v) is 10.3. The molecule has 4 nitrogen and oxygen atoms in total. The van der Waals surface area contributed by atoms with Crippen LogP contribution in [0.2, 0.25) is 0 Å². The van der Waals surface area contributed by atoms with Crippen molar-refractivity contribution < 1.29 is 9.47 Å². The van der Waals surface area contributed by atoms with E-state index in [1.807, 2.05) is 0 Å². The van der Waals surface area contributed by atoms with Crippen molar-refractivity contribution in [3.63, 3.8) is 0 Å². The number of ether oxygens (including phenoxy) is 2. The smallest absolute Gasteiger partial charge is 0.320 e. The van der Waals surface area contributed by atoms with Crippen molar-refractivity contribution in [2.45, 2.75) is 25.3 Å². The van der Waals surface area contributed by atoms with E-state index in [2.05, 4.69) is 23.8 Å². The molecule has 0 saturated carbocycles. The zero-order valence-electron chi connectivity index (χ0n) is 9.53. The fourth-order valence-corrected chi connectivity index (χ4v) is 2.07. The van der Waals surface area contributed by atoms with E-state index in [0.717, 1.165) is 22.8 Å². The van der Waals surface area contributed by atoms with Crippen LogP contribution in [-0.2, 0) is 6.42 Å². The van der Waals surface area contributed by atoms with Crippen molar-refractivity contribution in [3.8, 4) is 11.9 Å². The van der Waals surface area contributed by atoms with E-state index < -0.39 is 0 Å². The van der Waals surface area contributed by atoms with Crippen molar-refractivity contribution in [2.75, 3.05) is 20.0 Å². The lowest BCUT2D eigenvalue weighted by atomic mass is 10.2. The molecule has 1 aromatic rings. The monoisotopic (exact) mass is 228 g/mol. The summed E-state index contributed by atoms with van der Waals surface area (Å²) >= 11 is 1.67. The van der Waals surface area contributed by atoms with Crippen LogP contribution in [0.1, 0.15) is 19.4 Å². The molecule has 0 N–H and O–H groups in total. The molecule has 1 heterocycles. The highest BCUT2D eigenvalue weighted by Gasteiger charge is 2.13. The van der Waals surface area contributed by atoms with Gasteiger partial charge in [-0.1, -0.05) is 13.8 Å². The van der Waals surface area contributed by atoms with Crippen LogP contribution in [0.5, 0.6) is 11.9 Å². The third kappa shape index (κ3) is 2.75. The number of rotatable bonds is 5. The van der Waals surface area contributed by atoms with E-state index in [4.69, 9.17) is 9.47 Å². The Morgan fingerprint density at radius 1 is 1.13 bits per heavy atom. The van der Waals surface area contributed by atoms with Crippen LogP contribution in [0.15, 0.2) is 5.03 Å². The van der Waals surface area contributed by atoms with Crippen LogP contribution in [0.3, 0.4) is 0 Å². The number of methoxy groups -OCH3 is 2. The van der Waals surface area contributed by atoms with Gasteiger partial charge < -0.3 is 9.47 Å². The maximum atomic E-state index is 5.22. The van der Waals surface area contributed by atoms with E-state index in [-0.39, 0.29) is 0 Å². The van der Waals surface area contributed by atoms with E-state index in [1.54, 1.807) is 26.0 Å². The maximum Gasteiger partial charge on any atom is 0.320 e. The molecule has 0 aliphatic carbocycles. The van der Waals surface area contributed by atoms with E-state index in [1.165, 1.54) is 0 Å². The summed E-state index contributed by atoms with van der Waals surface area (Å²) in [6.07, 6.45) is 0.857. The third-order valence-electron chi connectivity index (χ3n) is 1.92. The first-order valence-electron chi connectivity index (χ1n) is 4.88. The highest BCUT2D eigenvalue weighted by atomic mass is 32.2. The Labute approximate surface area is 94.4 Å². The van der Waals surface area contributed by atoms with Crippen LogP contribution in [0.25, 0.3) is 0 Å². The molecular formula is C10H16N2O2S. The molecule has 0 spiro atoms. The predicted molar refractivity (Wildman–Crippen MR) is 60.9 cm³/mol. The second-order valence-electron chi connectivity index (χ2n) is 2.79. The summed E-state index contributed by atoms with van der Waals surface area (Å²) < 4.78 is 10.2. The van der Waals surface area contributed by atoms with Gasteiger partial charge in [-0.15, -0.1) is 11.8 Å². The molecule has 0 atom stereocenters. The van der Waals surface area contributed by atoms with Crippen molar-refractivity contribution in [1.82, 2.24) is 9.97 Å². The lowest BCUT2D eigenvalue weighted by Gasteiger charge is -2.11. The van der Waals surface area contributed by atoms with Gasteiger partial charge >= 0.3 is 6.01 Å². The van der Waals surface area contributed by atoms with E-state index in [9.17, 15) is 0 Å². The van der Waals surface area contributed by atoms with Crippen LogP contribution in [0, 0.1) is 0 Å². The van der Waals surface area contributed by atoms with Crippen molar-refractivity contribution >= 4 is 11.8 Å². The predicted octanol–water partition coefficient (Wildman–Crippen LogP) is 2.17. The van der Waals surface area contributed by atoms with Gasteiger partial charge in [-0.3, -0.25) is 0 Å². The van der Waals surface area contributed by atoms with Crippen LogP contribution >= 0.6 is 11.8 Å². The van der Waals surface area contributed by atoms with E-state index in [0.29, 0.717) is 11.9 Å². The largest absolute Gasteiger partial charge is 0.481 e. The minimum absolute atomic E-state index is 0.361. The van der Waals surface area contributed by atoms with Gasteiger partial charge in [-0.25, -0.2) is 0 Å². The lowest BCUT2D eigenvalue weighted by molar-refractivity contribution is 0.344. The summed E-state index contributed by atoms with van der Waals surface area (Å²) in [6, 6.07) is 0.361. The normalized spacial score (nSPS) is 10.1. The van der Waals surface area contributed by atoms with Crippen LogP contribution in [0.4, 0.5) is 0 Å². The van der Waals surface area contributed by atoms with Gasteiger partial charge in [0.05, 0.1) is 14.2 Å². The van der Waals surface area contributed by atoms with Crippen molar-refractivity contribution in [1.29, 1.82) is 0 Å².